The van der Waals surface area contributed by atoms with E-state index in [0.717, 1.165) is 25.6 Å². The average Bonchev–Trinajstić information content (AvgIpc) is 2.37. The van der Waals surface area contributed by atoms with Gasteiger partial charge in [-0.25, -0.2) is 0 Å². The Balaban J connectivity index is 1.94. The first-order valence-corrected chi connectivity index (χ1v) is 6.79. The van der Waals surface area contributed by atoms with Gasteiger partial charge >= 0.3 is 0 Å². The Hall–Kier alpha value is -1.12. The summed E-state index contributed by atoms with van der Waals surface area (Å²) in [7, 11) is 0. The minimum atomic E-state index is 0.681. The van der Waals surface area contributed by atoms with E-state index >= 15 is 0 Å². The Morgan fingerprint density at radius 1 is 1.17 bits per heavy atom. The SMILES string of the molecule is CC(C)CCNCCOCC=Cc1ccccc1. The molecule has 0 saturated heterocycles. The molecule has 1 aromatic rings. The first-order valence-electron chi connectivity index (χ1n) is 6.79. The molecule has 1 aromatic carbocycles. The number of benzene rings is 1. The molecular weight excluding hydrogens is 222 g/mol. The van der Waals surface area contributed by atoms with E-state index < -0.39 is 0 Å². The van der Waals surface area contributed by atoms with Crippen LogP contribution in [0.4, 0.5) is 0 Å². The van der Waals surface area contributed by atoms with Crippen LogP contribution in [0.3, 0.4) is 0 Å². The van der Waals surface area contributed by atoms with Gasteiger partial charge in [0.2, 0.25) is 0 Å². The maximum absolute atomic E-state index is 5.51. The van der Waals surface area contributed by atoms with E-state index in [1.54, 1.807) is 0 Å². The van der Waals surface area contributed by atoms with Gasteiger partial charge in [0, 0.05) is 6.54 Å². The largest absolute Gasteiger partial charge is 0.376 e. The summed E-state index contributed by atoms with van der Waals surface area (Å²) in [5, 5.41) is 3.38. The minimum Gasteiger partial charge on any atom is -0.376 e. The number of nitrogens with one attached hydrogen (secondary N) is 1. The van der Waals surface area contributed by atoms with Gasteiger partial charge in [-0.1, -0.05) is 56.3 Å². The lowest BCUT2D eigenvalue weighted by molar-refractivity contribution is 0.164. The van der Waals surface area contributed by atoms with Crippen LogP contribution in [0.5, 0.6) is 0 Å². The molecule has 0 radical (unpaired) electrons. The minimum absolute atomic E-state index is 0.681. The molecule has 1 rings (SSSR count). The van der Waals surface area contributed by atoms with Crippen LogP contribution in [-0.4, -0.2) is 26.3 Å². The summed E-state index contributed by atoms with van der Waals surface area (Å²) in [4.78, 5) is 0. The standard InChI is InChI=1S/C16H25NO/c1-15(2)10-11-17-12-14-18-13-6-9-16-7-4-3-5-8-16/h3-9,15,17H,10-14H2,1-2H3. The summed E-state index contributed by atoms with van der Waals surface area (Å²) in [5.41, 5.74) is 1.22. The summed E-state index contributed by atoms with van der Waals surface area (Å²) in [6.45, 7) is 7.96. The van der Waals surface area contributed by atoms with Crippen LogP contribution in [-0.2, 0) is 4.74 Å². The summed E-state index contributed by atoms with van der Waals surface area (Å²) < 4.78 is 5.51. The highest BCUT2D eigenvalue weighted by atomic mass is 16.5. The lowest BCUT2D eigenvalue weighted by Gasteiger charge is -2.06. The Morgan fingerprint density at radius 3 is 2.67 bits per heavy atom. The van der Waals surface area contributed by atoms with E-state index in [0.29, 0.717) is 6.61 Å². The molecule has 0 unspecified atom stereocenters. The highest BCUT2D eigenvalue weighted by molar-refractivity contribution is 5.48. The molecule has 0 aromatic heterocycles. The molecule has 0 aliphatic heterocycles. The summed E-state index contributed by atoms with van der Waals surface area (Å²) in [6, 6.07) is 10.3. The number of ether oxygens (including phenoxy) is 1. The third-order valence-electron chi connectivity index (χ3n) is 2.65. The molecular formula is C16H25NO. The van der Waals surface area contributed by atoms with Crippen LogP contribution < -0.4 is 5.32 Å². The van der Waals surface area contributed by atoms with Crippen molar-refractivity contribution in [1.29, 1.82) is 0 Å². The summed E-state index contributed by atoms with van der Waals surface area (Å²) in [6.07, 6.45) is 5.38. The van der Waals surface area contributed by atoms with E-state index in [2.05, 4.69) is 43.4 Å². The molecule has 0 fully saturated rings. The predicted molar refractivity (Wildman–Crippen MR) is 78.6 cm³/mol. The topological polar surface area (TPSA) is 21.3 Å². The number of rotatable bonds is 9. The summed E-state index contributed by atoms with van der Waals surface area (Å²) >= 11 is 0. The maximum Gasteiger partial charge on any atom is 0.0651 e. The van der Waals surface area contributed by atoms with Gasteiger partial charge in [0.05, 0.1) is 13.2 Å². The van der Waals surface area contributed by atoms with Crippen molar-refractivity contribution in [3.8, 4) is 0 Å². The molecule has 0 amide bonds. The second-order valence-corrected chi connectivity index (χ2v) is 4.82. The zero-order chi connectivity index (χ0) is 13.1. The van der Waals surface area contributed by atoms with E-state index in [1.807, 2.05) is 18.2 Å². The molecule has 0 spiro atoms. The van der Waals surface area contributed by atoms with Crippen LogP contribution >= 0.6 is 0 Å². The van der Waals surface area contributed by atoms with Crippen LogP contribution in [0.1, 0.15) is 25.8 Å². The fourth-order valence-corrected chi connectivity index (χ4v) is 1.56. The van der Waals surface area contributed by atoms with Crippen molar-refractivity contribution in [1.82, 2.24) is 5.32 Å². The second kappa shape index (κ2) is 9.86. The van der Waals surface area contributed by atoms with Crippen LogP contribution in [0.25, 0.3) is 6.08 Å². The van der Waals surface area contributed by atoms with Gasteiger partial charge in [-0.2, -0.15) is 0 Å². The van der Waals surface area contributed by atoms with Gasteiger partial charge in [-0.05, 0) is 24.4 Å². The Bertz CT molecular complexity index is 319. The zero-order valence-corrected chi connectivity index (χ0v) is 11.6. The second-order valence-electron chi connectivity index (χ2n) is 4.82. The monoisotopic (exact) mass is 247 g/mol. The van der Waals surface area contributed by atoms with Crippen molar-refractivity contribution in [2.24, 2.45) is 5.92 Å². The van der Waals surface area contributed by atoms with Crippen molar-refractivity contribution in [2.75, 3.05) is 26.3 Å². The lowest BCUT2D eigenvalue weighted by Crippen LogP contribution is -2.21. The van der Waals surface area contributed by atoms with E-state index in [1.165, 1.54) is 12.0 Å². The molecule has 18 heavy (non-hydrogen) atoms. The number of hydrogen-bond acceptors (Lipinski definition) is 2. The normalized spacial score (nSPS) is 11.5. The molecule has 100 valence electrons. The van der Waals surface area contributed by atoms with Crippen LogP contribution in [0.15, 0.2) is 36.4 Å². The van der Waals surface area contributed by atoms with Crippen LogP contribution in [0, 0.1) is 5.92 Å². The molecule has 0 atom stereocenters. The fraction of sp³-hybridized carbons (Fsp3) is 0.500. The highest BCUT2D eigenvalue weighted by Crippen LogP contribution is 2.00. The van der Waals surface area contributed by atoms with Crippen molar-refractivity contribution < 1.29 is 4.74 Å². The first kappa shape index (κ1) is 14.9. The van der Waals surface area contributed by atoms with Crippen molar-refractivity contribution in [2.45, 2.75) is 20.3 Å². The average molecular weight is 247 g/mol. The smallest absolute Gasteiger partial charge is 0.0651 e. The van der Waals surface area contributed by atoms with Gasteiger partial charge in [0.25, 0.3) is 0 Å². The van der Waals surface area contributed by atoms with Gasteiger partial charge < -0.3 is 10.1 Å². The quantitative estimate of drug-likeness (QED) is 0.676. The lowest BCUT2D eigenvalue weighted by atomic mass is 10.1. The van der Waals surface area contributed by atoms with Gasteiger partial charge in [0.1, 0.15) is 0 Å². The van der Waals surface area contributed by atoms with Gasteiger partial charge in [-0.15, -0.1) is 0 Å². The van der Waals surface area contributed by atoms with Crippen LogP contribution in [0.2, 0.25) is 0 Å². The first-order chi connectivity index (χ1) is 8.79. The molecule has 0 aliphatic carbocycles. The van der Waals surface area contributed by atoms with E-state index in [9.17, 15) is 0 Å². The maximum atomic E-state index is 5.51. The van der Waals surface area contributed by atoms with Crippen molar-refractivity contribution >= 4 is 6.08 Å². The van der Waals surface area contributed by atoms with E-state index in [-0.39, 0.29) is 0 Å². The third kappa shape index (κ3) is 8.04. The van der Waals surface area contributed by atoms with Crippen molar-refractivity contribution in [3.05, 3.63) is 42.0 Å². The fourth-order valence-electron chi connectivity index (χ4n) is 1.56. The van der Waals surface area contributed by atoms with Crippen molar-refractivity contribution in [3.63, 3.8) is 0 Å². The number of hydrogen-bond donors (Lipinski definition) is 1. The highest BCUT2D eigenvalue weighted by Gasteiger charge is 1.92. The summed E-state index contributed by atoms with van der Waals surface area (Å²) in [5.74, 6) is 0.771. The van der Waals surface area contributed by atoms with E-state index in [4.69, 9.17) is 4.74 Å². The molecule has 0 heterocycles. The Morgan fingerprint density at radius 2 is 1.94 bits per heavy atom. The third-order valence-corrected chi connectivity index (χ3v) is 2.65. The Labute approximate surface area is 111 Å². The predicted octanol–water partition coefficient (Wildman–Crippen LogP) is 3.35. The molecule has 2 heteroatoms. The molecule has 2 nitrogen and oxygen atoms in total. The molecule has 0 saturated carbocycles. The zero-order valence-electron chi connectivity index (χ0n) is 11.6. The van der Waals surface area contributed by atoms with Gasteiger partial charge in [0.15, 0.2) is 0 Å². The molecule has 0 aliphatic rings. The van der Waals surface area contributed by atoms with Gasteiger partial charge in [-0.3, -0.25) is 0 Å². The molecule has 1 N–H and O–H groups in total. The molecule has 0 bridgehead atoms. The Kier molecular flexibility index (Phi) is 8.19.